The number of carbonyl (C=O) groups is 1. The average molecular weight is 605 g/mol. The summed E-state index contributed by atoms with van der Waals surface area (Å²) in [5.41, 5.74) is 9.06. The van der Waals surface area contributed by atoms with Crippen LogP contribution in [0.4, 0.5) is 5.82 Å². The number of piperidine rings is 1. The lowest BCUT2D eigenvalue weighted by Gasteiger charge is -2.32. The number of sulfonamides is 1. The van der Waals surface area contributed by atoms with Crippen molar-refractivity contribution in [2.75, 3.05) is 33.0 Å². The van der Waals surface area contributed by atoms with Crippen LogP contribution < -0.4 is 15.2 Å². The molecule has 0 spiro atoms. The van der Waals surface area contributed by atoms with E-state index in [-0.39, 0.29) is 23.4 Å². The molecule has 3 N–H and O–H groups in total. The summed E-state index contributed by atoms with van der Waals surface area (Å²) in [6.45, 7) is 6.78. The van der Waals surface area contributed by atoms with Gasteiger partial charge in [0.1, 0.15) is 23.6 Å². The van der Waals surface area contributed by atoms with Crippen LogP contribution >= 0.6 is 0 Å². The Bertz CT molecular complexity index is 1700. The Kier molecular flexibility index (Phi) is 10.2. The summed E-state index contributed by atoms with van der Waals surface area (Å²) < 4.78 is 34.9. The standard InChI is InChI=1S/C27H29N7O4S.C3H7N/c1-3-23(35)33-14-4-5-20(16-33)34-27-24(26(28)29-17-30-27)25(32-34)19-8-6-18(7-9-19)15-31-39(36,37)22-12-10-21(38-2)11-13-22;1-3-4-2/h3,6-13,17,20,31H,1,4-5,14-16H2,2H3,(H2,28,29,30);3H,1-2H3. The van der Waals surface area contributed by atoms with E-state index >= 15 is 0 Å². The molecule has 12 nitrogen and oxygen atoms in total. The van der Waals surface area contributed by atoms with Crippen LogP contribution in [0, 0.1) is 0 Å². The number of hydrogen-bond donors (Lipinski definition) is 2. The van der Waals surface area contributed by atoms with Gasteiger partial charge in [-0.15, -0.1) is 0 Å². The first-order valence-corrected chi connectivity index (χ1v) is 15.2. The largest absolute Gasteiger partial charge is 0.497 e. The molecule has 1 fully saturated rings. The lowest BCUT2D eigenvalue weighted by molar-refractivity contribution is -0.127. The lowest BCUT2D eigenvalue weighted by Crippen LogP contribution is -2.40. The van der Waals surface area contributed by atoms with Crippen LogP contribution in [0.5, 0.6) is 5.75 Å². The van der Waals surface area contributed by atoms with Gasteiger partial charge < -0.3 is 20.4 Å². The number of methoxy groups -OCH3 is 1. The van der Waals surface area contributed by atoms with Crippen molar-refractivity contribution in [2.45, 2.75) is 37.2 Å². The number of carbonyl (C=O) groups excluding carboxylic acids is 1. The number of aliphatic imine (C=N–C) groups is 1. The number of nitrogens with one attached hydrogen (secondary N) is 1. The molecule has 3 heterocycles. The van der Waals surface area contributed by atoms with E-state index < -0.39 is 10.0 Å². The molecule has 0 bridgehead atoms. The number of nitrogens with two attached hydrogens (primary N) is 1. The fraction of sp³-hybridized carbons (Fsp3) is 0.300. The van der Waals surface area contributed by atoms with Crippen LogP contribution in [0.25, 0.3) is 22.3 Å². The number of rotatable bonds is 8. The van der Waals surface area contributed by atoms with Gasteiger partial charge in [0.25, 0.3) is 0 Å². The predicted molar refractivity (Wildman–Crippen MR) is 167 cm³/mol. The number of likely N-dealkylation sites (tertiary alicyclic amines) is 1. The summed E-state index contributed by atoms with van der Waals surface area (Å²) in [6, 6.07) is 13.5. The van der Waals surface area contributed by atoms with Gasteiger partial charge in [-0.3, -0.25) is 4.79 Å². The number of anilines is 1. The minimum Gasteiger partial charge on any atom is -0.497 e. The van der Waals surface area contributed by atoms with Crippen molar-refractivity contribution >= 4 is 39.0 Å². The van der Waals surface area contributed by atoms with Gasteiger partial charge in [-0.05, 0) is 61.9 Å². The summed E-state index contributed by atoms with van der Waals surface area (Å²) in [5.74, 6) is 0.785. The van der Waals surface area contributed by atoms with Crippen LogP contribution in [0.2, 0.25) is 0 Å². The zero-order chi connectivity index (χ0) is 31.0. The number of benzene rings is 2. The van der Waals surface area contributed by atoms with E-state index in [0.717, 1.165) is 24.0 Å². The van der Waals surface area contributed by atoms with Crippen molar-refractivity contribution in [1.82, 2.24) is 29.4 Å². The summed E-state index contributed by atoms with van der Waals surface area (Å²) in [6.07, 6.45) is 6.16. The molecule has 1 aliphatic heterocycles. The molecule has 5 rings (SSSR count). The molecule has 0 aliphatic carbocycles. The van der Waals surface area contributed by atoms with Crippen LogP contribution in [0.15, 0.2) is 77.4 Å². The zero-order valence-electron chi connectivity index (χ0n) is 24.5. The SMILES string of the molecule is C=CC(=O)N1CCCC(n2nc(-c3ccc(CNS(=O)(=O)c4ccc(OC)cc4)cc3)c3c(N)ncnc32)C1.CC=NC. The maximum absolute atomic E-state index is 12.7. The first-order valence-electron chi connectivity index (χ1n) is 13.7. The highest BCUT2D eigenvalue weighted by molar-refractivity contribution is 7.89. The van der Waals surface area contributed by atoms with Crippen molar-refractivity contribution in [3.05, 3.63) is 73.1 Å². The molecule has 13 heteroatoms. The molecular formula is C30H36N8O4S. The zero-order valence-corrected chi connectivity index (χ0v) is 25.3. The topological polar surface area (TPSA) is 158 Å². The highest BCUT2D eigenvalue weighted by atomic mass is 32.2. The number of ether oxygens (including phenoxy) is 1. The molecule has 2 aromatic carbocycles. The number of nitrogen functional groups attached to an aromatic ring is 1. The van der Waals surface area contributed by atoms with Crippen molar-refractivity contribution in [3.8, 4) is 17.0 Å². The van der Waals surface area contributed by atoms with Crippen molar-refractivity contribution in [2.24, 2.45) is 4.99 Å². The Morgan fingerprint density at radius 1 is 1.19 bits per heavy atom. The highest BCUT2D eigenvalue weighted by Gasteiger charge is 2.28. The van der Waals surface area contributed by atoms with Crippen LogP contribution in [-0.4, -0.2) is 72.4 Å². The van der Waals surface area contributed by atoms with E-state index in [4.69, 9.17) is 15.6 Å². The van der Waals surface area contributed by atoms with E-state index in [0.29, 0.717) is 41.4 Å². The molecule has 1 amide bonds. The molecular weight excluding hydrogens is 568 g/mol. The summed E-state index contributed by atoms with van der Waals surface area (Å²) >= 11 is 0. The number of fused-ring (bicyclic) bond motifs is 1. The van der Waals surface area contributed by atoms with Gasteiger partial charge in [-0.2, -0.15) is 5.10 Å². The van der Waals surface area contributed by atoms with E-state index in [1.54, 1.807) is 30.3 Å². The lowest BCUT2D eigenvalue weighted by atomic mass is 10.1. The number of hydrogen-bond acceptors (Lipinski definition) is 9. The highest BCUT2D eigenvalue weighted by Crippen LogP contribution is 2.34. The third-order valence-electron chi connectivity index (χ3n) is 7.07. The summed E-state index contributed by atoms with van der Waals surface area (Å²) in [5, 5.41) is 5.52. The first-order chi connectivity index (χ1) is 20.7. The maximum atomic E-state index is 12.7. The summed E-state index contributed by atoms with van der Waals surface area (Å²) in [4.78, 5) is 26.4. The van der Waals surface area contributed by atoms with Gasteiger partial charge in [0.2, 0.25) is 15.9 Å². The van der Waals surface area contributed by atoms with Crippen molar-refractivity contribution in [3.63, 3.8) is 0 Å². The fourth-order valence-electron chi connectivity index (χ4n) is 4.73. The van der Waals surface area contributed by atoms with Crippen molar-refractivity contribution < 1.29 is 17.9 Å². The van der Waals surface area contributed by atoms with Crippen LogP contribution in [-0.2, 0) is 21.4 Å². The molecule has 1 unspecified atom stereocenters. The summed E-state index contributed by atoms with van der Waals surface area (Å²) in [7, 11) is -0.417. The normalized spacial score (nSPS) is 15.2. The molecule has 226 valence electrons. The van der Waals surface area contributed by atoms with Gasteiger partial charge in [-0.25, -0.2) is 27.8 Å². The van der Waals surface area contributed by atoms with Crippen LogP contribution in [0.1, 0.15) is 31.4 Å². The number of aromatic nitrogens is 4. The fourth-order valence-corrected chi connectivity index (χ4v) is 5.75. The molecule has 43 heavy (non-hydrogen) atoms. The molecule has 0 saturated carbocycles. The molecule has 1 saturated heterocycles. The second-order valence-electron chi connectivity index (χ2n) is 9.75. The number of nitrogens with zero attached hydrogens (tertiary/aromatic N) is 6. The predicted octanol–water partition coefficient (Wildman–Crippen LogP) is 3.62. The smallest absolute Gasteiger partial charge is 0.246 e. The molecule has 0 radical (unpaired) electrons. The second-order valence-corrected chi connectivity index (χ2v) is 11.5. The van der Waals surface area contributed by atoms with Gasteiger partial charge in [0.05, 0.1) is 23.4 Å². The average Bonchev–Trinajstić information content (AvgIpc) is 3.45. The Morgan fingerprint density at radius 3 is 2.51 bits per heavy atom. The van der Waals surface area contributed by atoms with E-state index in [1.807, 2.05) is 35.9 Å². The minimum absolute atomic E-state index is 0.0696. The Morgan fingerprint density at radius 2 is 1.88 bits per heavy atom. The second kappa shape index (κ2) is 14.0. The molecule has 1 atom stereocenters. The molecule has 2 aromatic heterocycles. The third kappa shape index (κ3) is 7.24. The minimum atomic E-state index is -3.69. The Labute approximate surface area is 251 Å². The first kappa shape index (κ1) is 31.3. The van der Waals surface area contributed by atoms with Gasteiger partial charge >= 0.3 is 0 Å². The van der Waals surface area contributed by atoms with Gasteiger partial charge in [-0.1, -0.05) is 30.8 Å². The monoisotopic (exact) mass is 604 g/mol. The van der Waals surface area contributed by atoms with E-state index in [1.165, 1.54) is 31.6 Å². The molecule has 4 aromatic rings. The molecule has 1 aliphatic rings. The Balaban J connectivity index is 0.000000996. The van der Waals surface area contributed by atoms with Gasteiger partial charge in [0, 0.05) is 32.2 Å². The van der Waals surface area contributed by atoms with E-state index in [2.05, 4.69) is 26.3 Å². The van der Waals surface area contributed by atoms with Crippen molar-refractivity contribution in [1.29, 1.82) is 0 Å². The number of amides is 1. The quantitative estimate of drug-likeness (QED) is 0.228. The van der Waals surface area contributed by atoms with Gasteiger partial charge in [0.15, 0.2) is 5.65 Å². The maximum Gasteiger partial charge on any atom is 0.246 e. The van der Waals surface area contributed by atoms with E-state index in [9.17, 15) is 13.2 Å². The van der Waals surface area contributed by atoms with Crippen LogP contribution in [0.3, 0.4) is 0 Å². The Hall–Kier alpha value is -4.62. The third-order valence-corrected chi connectivity index (χ3v) is 8.49.